The molecule has 0 unspecified atom stereocenters. The van der Waals surface area contributed by atoms with Crippen molar-refractivity contribution in [1.29, 1.82) is 0 Å². The van der Waals surface area contributed by atoms with Gasteiger partial charge in [-0.05, 0) is 31.5 Å². The first-order valence-electron chi connectivity index (χ1n) is 11.4. The molecule has 2 aromatic carbocycles. The first-order valence-corrected chi connectivity index (χ1v) is 11.8. The number of imidazole rings is 1. The van der Waals surface area contributed by atoms with E-state index in [0.717, 1.165) is 17.1 Å². The number of hydrogen-bond acceptors (Lipinski definition) is 5. The minimum absolute atomic E-state index is 0.0476. The number of rotatable bonds is 6. The van der Waals surface area contributed by atoms with Crippen LogP contribution < -0.4 is 4.74 Å². The monoisotopic (exact) mass is 526 g/mol. The quantitative estimate of drug-likeness (QED) is 0.245. The molecule has 11 heteroatoms. The highest BCUT2D eigenvalue weighted by atomic mass is 35.5. The molecule has 0 radical (unpaired) electrons. The Morgan fingerprint density at radius 3 is 2.41 bits per heavy atom. The van der Waals surface area contributed by atoms with Gasteiger partial charge in [0.2, 0.25) is 5.88 Å². The van der Waals surface area contributed by atoms with E-state index < -0.39 is 11.9 Å². The highest BCUT2D eigenvalue weighted by Crippen LogP contribution is 2.33. The Bertz CT molecular complexity index is 1570. The van der Waals surface area contributed by atoms with Gasteiger partial charge in [0.1, 0.15) is 18.1 Å². The van der Waals surface area contributed by atoms with Crippen LogP contribution in [0, 0.1) is 0 Å². The van der Waals surface area contributed by atoms with Crippen LogP contribution in [0.25, 0.3) is 33.8 Å². The summed E-state index contributed by atoms with van der Waals surface area (Å²) >= 11 is 6.43. The Morgan fingerprint density at radius 2 is 1.73 bits per heavy atom. The van der Waals surface area contributed by atoms with Crippen LogP contribution in [0.15, 0.2) is 60.9 Å². The summed E-state index contributed by atoms with van der Waals surface area (Å²) in [5.74, 6) is 1.01. The van der Waals surface area contributed by atoms with E-state index in [1.165, 1.54) is 11.6 Å². The highest BCUT2D eigenvalue weighted by molar-refractivity contribution is 6.32. The van der Waals surface area contributed by atoms with Gasteiger partial charge in [0, 0.05) is 24.8 Å². The average molecular weight is 527 g/mol. The zero-order valence-corrected chi connectivity index (χ0v) is 20.9. The zero-order chi connectivity index (χ0) is 26.3. The molecule has 190 valence electrons. The molecule has 5 aromatic rings. The second-order valence-corrected chi connectivity index (χ2v) is 9.20. The lowest BCUT2D eigenvalue weighted by Crippen LogP contribution is -2.07. The minimum Gasteiger partial charge on any atom is -0.472 e. The molecule has 0 saturated carbocycles. The number of benzene rings is 2. The van der Waals surface area contributed by atoms with Crippen LogP contribution in [0.2, 0.25) is 5.02 Å². The standard InChI is InChI=1S/C26H22ClF3N6O/c1-15(2)36-22(19(27)12-31-36)23-32-20-7-5-4-6-18(20)25(34-23)37-14-16-8-10-17(11-9-16)24-33-21(13-35(24)3)26(28,29)30/h4-13,15H,14H2,1-3H3. The van der Waals surface area contributed by atoms with Gasteiger partial charge < -0.3 is 9.30 Å². The SMILES string of the molecule is CC(C)n1ncc(Cl)c1-c1nc(OCc2ccc(-c3nc(C(F)(F)F)cn3C)cc2)c2ccccc2n1. The Hall–Kier alpha value is -3.92. The van der Waals surface area contributed by atoms with Gasteiger partial charge in [0.05, 0.1) is 22.1 Å². The van der Waals surface area contributed by atoms with Crippen LogP contribution in [0.5, 0.6) is 5.88 Å². The first kappa shape index (κ1) is 24.8. The number of hydrogen-bond donors (Lipinski definition) is 0. The number of alkyl halides is 3. The number of ether oxygens (including phenoxy) is 1. The van der Waals surface area contributed by atoms with Crippen LogP contribution >= 0.6 is 11.6 Å². The lowest BCUT2D eigenvalue weighted by atomic mass is 10.1. The van der Waals surface area contributed by atoms with E-state index in [-0.39, 0.29) is 18.5 Å². The number of para-hydroxylation sites is 1. The van der Waals surface area contributed by atoms with Gasteiger partial charge in [-0.25, -0.2) is 9.97 Å². The third kappa shape index (κ3) is 4.89. The highest BCUT2D eigenvalue weighted by Gasteiger charge is 2.34. The molecule has 7 nitrogen and oxygen atoms in total. The maximum atomic E-state index is 13.0. The molecule has 37 heavy (non-hydrogen) atoms. The van der Waals surface area contributed by atoms with E-state index >= 15 is 0 Å². The maximum absolute atomic E-state index is 13.0. The summed E-state index contributed by atoms with van der Waals surface area (Å²) in [5, 5.41) is 5.52. The third-order valence-corrected chi connectivity index (χ3v) is 6.05. The predicted molar refractivity (Wildman–Crippen MR) is 134 cm³/mol. The van der Waals surface area contributed by atoms with E-state index in [9.17, 15) is 13.2 Å². The second kappa shape index (κ2) is 9.51. The summed E-state index contributed by atoms with van der Waals surface area (Å²) in [7, 11) is 1.53. The van der Waals surface area contributed by atoms with Gasteiger partial charge >= 0.3 is 6.18 Å². The molecule has 0 spiro atoms. The van der Waals surface area contributed by atoms with Crippen molar-refractivity contribution in [3.63, 3.8) is 0 Å². The molecule has 0 N–H and O–H groups in total. The number of halogens is 4. The second-order valence-electron chi connectivity index (χ2n) is 8.79. The summed E-state index contributed by atoms with van der Waals surface area (Å²) in [5.41, 5.74) is 1.74. The zero-order valence-electron chi connectivity index (χ0n) is 20.2. The van der Waals surface area contributed by atoms with Crippen molar-refractivity contribution >= 4 is 22.5 Å². The van der Waals surface area contributed by atoms with Crippen molar-refractivity contribution in [2.75, 3.05) is 0 Å². The molecule has 3 heterocycles. The van der Waals surface area contributed by atoms with Crippen molar-refractivity contribution in [3.8, 4) is 28.8 Å². The third-order valence-electron chi connectivity index (χ3n) is 5.77. The van der Waals surface area contributed by atoms with Crippen LogP contribution in [-0.2, 0) is 19.8 Å². The number of aryl methyl sites for hydroxylation is 1. The van der Waals surface area contributed by atoms with E-state index in [2.05, 4.69) is 20.1 Å². The molecule has 0 saturated heterocycles. The number of fused-ring (bicyclic) bond motifs is 1. The van der Waals surface area contributed by atoms with Gasteiger partial charge in [-0.3, -0.25) is 4.68 Å². The minimum atomic E-state index is -4.50. The van der Waals surface area contributed by atoms with Crippen molar-refractivity contribution in [2.45, 2.75) is 32.7 Å². The van der Waals surface area contributed by atoms with Crippen LogP contribution in [0.4, 0.5) is 13.2 Å². The Balaban J connectivity index is 1.43. The van der Waals surface area contributed by atoms with Gasteiger partial charge in [-0.2, -0.15) is 23.3 Å². The fourth-order valence-electron chi connectivity index (χ4n) is 3.98. The van der Waals surface area contributed by atoms with Gasteiger partial charge in [-0.1, -0.05) is 48.0 Å². The van der Waals surface area contributed by atoms with Crippen LogP contribution in [-0.4, -0.2) is 29.3 Å². The average Bonchev–Trinajstić information content (AvgIpc) is 3.45. The van der Waals surface area contributed by atoms with Gasteiger partial charge in [-0.15, -0.1) is 0 Å². The van der Waals surface area contributed by atoms with E-state index in [4.69, 9.17) is 16.3 Å². The van der Waals surface area contributed by atoms with Gasteiger partial charge in [0.25, 0.3) is 0 Å². The summed E-state index contributed by atoms with van der Waals surface area (Å²) in [6.07, 6.45) is -1.96. The summed E-state index contributed by atoms with van der Waals surface area (Å²) in [6.45, 7) is 4.17. The normalized spacial score (nSPS) is 12.0. The van der Waals surface area contributed by atoms with Crippen LogP contribution in [0.3, 0.4) is 0 Å². The molecular formula is C26H22ClF3N6O. The molecule has 3 aromatic heterocycles. The molecule has 0 bridgehead atoms. The fourth-order valence-corrected chi connectivity index (χ4v) is 4.19. The fraction of sp³-hybridized carbons (Fsp3) is 0.231. The predicted octanol–water partition coefficient (Wildman–Crippen LogP) is 6.73. The number of aromatic nitrogens is 6. The molecule has 0 atom stereocenters. The Morgan fingerprint density at radius 1 is 1.00 bits per heavy atom. The Kier molecular flexibility index (Phi) is 6.36. The summed E-state index contributed by atoms with van der Waals surface area (Å²) in [6, 6.07) is 14.5. The molecule has 0 aliphatic carbocycles. The summed E-state index contributed by atoms with van der Waals surface area (Å²) < 4.78 is 48.3. The first-order chi connectivity index (χ1) is 17.6. The van der Waals surface area contributed by atoms with Crippen LogP contribution in [0.1, 0.15) is 31.1 Å². The molecule has 0 amide bonds. The maximum Gasteiger partial charge on any atom is 0.434 e. The van der Waals surface area contributed by atoms with E-state index in [1.807, 2.05) is 38.1 Å². The molecule has 0 fully saturated rings. The van der Waals surface area contributed by atoms with Gasteiger partial charge in [0.15, 0.2) is 11.5 Å². The van der Waals surface area contributed by atoms with E-state index in [0.29, 0.717) is 33.5 Å². The molecule has 0 aliphatic heterocycles. The largest absolute Gasteiger partial charge is 0.472 e. The molecule has 0 aliphatic rings. The molecular weight excluding hydrogens is 505 g/mol. The van der Waals surface area contributed by atoms with E-state index in [1.54, 1.807) is 35.1 Å². The molecule has 5 rings (SSSR count). The number of nitrogens with zero attached hydrogens (tertiary/aromatic N) is 6. The van der Waals surface area contributed by atoms with Crippen molar-refractivity contribution in [2.24, 2.45) is 7.05 Å². The lowest BCUT2D eigenvalue weighted by Gasteiger charge is -2.13. The summed E-state index contributed by atoms with van der Waals surface area (Å²) in [4.78, 5) is 13.1. The smallest absolute Gasteiger partial charge is 0.434 e. The Labute approximate surface area is 215 Å². The van der Waals surface area contributed by atoms with Crippen molar-refractivity contribution in [3.05, 3.63) is 77.2 Å². The topological polar surface area (TPSA) is 70.7 Å². The van der Waals surface area contributed by atoms with Crippen molar-refractivity contribution < 1.29 is 17.9 Å². The van der Waals surface area contributed by atoms with Crippen molar-refractivity contribution in [1.82, 2.24) is 29.3 Å². The lowest BCUT2D eigenvalue weighted by molar-refractivity contribution is -0.140.